The van der Waals surface area contributed by atoms with E-state index < -0.39 is 6.04 Å². The molecule has 0 aliphatic carbocycles. The Morgan fingerprint density at radius 2 is 2.14 bits per heavy atom. The molecule has 0 spiro atoms. The second kappa shape index (κ2) is 9.63. The average Bonchev–Trinajstić information content (AvgIpc) is 2.49. The first kappa shape index (κ1) is 17.8. The molecule has 0 radical (unpaired) electrons. The third kappa shape index (κ3) is 5.93. The molecule has 0 saturated heterocycles. The summed E-state index contributed by atoms with van der Waals surface area (Å²) in [5.74, 6) is 0.342. The largest absolute Gasteiger partial charge is 0.351 e. The minimum absolute atomic E-state index is 0.190. The number of hydrogen-bond acceptors (Lipinski definition) is 3. The highest BCUT2D eigenvalue weighted by Gasteiger charge is 2.21. The van der Waals surface area contributed by atoms with Crippen LogP contribution in [-0.4, -0.2) is 36.4 Å². The number of carbonyl (C=O) groups excluding carboxylic acids is 2. The molecule has 1 aromatic carbocycles. The first-order chi connectivity index (χ1) is 10.1. The maximum absolute atomic E-state index is 12.3. The van der Waals surface area contributed by atoms with E-state index in [2.05, 4.69) is 33.1 Å². The molecule has 114 valence electrons. The van der Waals surface area contributed by atoms with Gasteiger partial charge in [-0.05, 0) is 46.5 Å². The first-order valence-corrected chi connectivity index (χ1v) is 8.71. The molecule has 0 aliphatic rings. The number of nitrogens with one attached hydrogen (secondary N) is 2. The molecule has 4 nitrogen and oxygen atoms in total. The number of rotatable bonds is 8. The van der Waals surface area contributed by atoms with Crippen molar-refractivity contribution < 1.29 is 9.59 Å². The predicted octanol–water partition coefficient (Wildman–Crippen LogP) is 2.60. The fourth-order valence-electron chi connectivity index (χ4n) is 1.68. The Hall–Kier alpha value is -1.27. The average molecular weight is 371 g/mol. The van der Waals surface area contributed by atoms with Crippen LogP contribution in [0.1, 0.15) is 16.8 Å². The number of halogens is 1. The second-order valence-corrected chi connectivity index (χ2v) is 6.16. The van der Waals surface area contributed by atoms with Gasteiger partial charge in [-0.1, -0.05) is 18.2 Å². The Bertz CT molecular complexity index is 508. The lowest BCUT2D eigenvalue weighted by atomic mass is 10.1. The van der Waals surface area contributed by atoms with Crippen LogP contribution in [0.2, 0.25) is 0 Å². The zero-order chi connectivity index (χ0) is 15.7. The summed E-state index contributed by atoms with van der Waals surface area (Å²) in [6.45, 7) is 3.95. The molecular weight excluding hydrogens is 352 g/mol. The molecule has 2 amide bonds. The zero-order valence-corrected chi connectivity index (χ0v) is 14.3. The molecule has 6 heteroatoms. The van der Waals surface area contributed by atoms with Gasteiger partial charge in [0, 0.05) is 11.0 Å². The van der Waals surface area contributed by atoms with E-state index in [0.29, 0.717) is 23.0 Å². The summed E-state index contributed by atoms with van der Waals surface area (Å²) in [6, 6.07) is 6.59. The van der Waals surface area contributed by atoms with Crippen LogP contribution in [0, 0.1) is 0 Å². The molecule has 0 saturated carbocycles. The summed E-state index contributed by atoms with van der Waals surface area (Å²) in [5, 5.41) is 5.51. The molecule has 2 N–H and O–H groups in total. The van der Waals surface area contributed by atoms with E-state index in [1.165, 1.54) is 0 Å². The van der Waals surface area contributed by atoms with Gasteiger partial charge in [0.15, 0.2) is 0 Å². The fourth-order valence-corrected chi connectivity index (χ4v) is 2.62. The third-order valence-electron chi connectivity index (χ3n) is 2.77. The molecular formula is C15H19BrN2O2S. The highest BCUT2D eigenvalue weighted by molar-refractivity contribution is 9.10. The van der Waals surface area contributed by atoms with E-state index in [1.807, 2.05) is 12.3 Å². The lowest BCUT2D eigenvalue weighted by Gasteiger charge is -2.18. The quantitative estimate of drug-likeness (QED) is 0.691. The summed E-state index contributed by atoms with van der Waals surface area (Å²) in [6.07, 6.45) is 4.16. The molecule has 1 aromatic rings. The number of carbonyl (C=O) groups is 2. The number of amides is 2. The monoisotopic (exact) mass is 370 g/mol. The Balaban J connectivity index is 2.75. The highest BCUT2D eigenvalue weighted by atomic mass is 79.9. The minimum atomic E-state index is -0.544. The maximum Gasteiger partial charge on any atom is 0.253 e. The maximum atomic E-state index is 12.3. The normalized spacial score (nSPS) is 11.5. The van der Waals surface area contributed by atoms with Gasteiger partial charge in [0.25, 0.3) is 5.91 Å². The lowest BCUT2D eigenvalue weighted by molar-refractivity contribution is -0.122. The van der Waals surface area contributed by atoms with Gasteiger partial charge in [0.2, 0.25) is 5.91 Å². The lowest BCUT2D eigenvalue weighted by Crippen LogP contribution is -2.47. The van der Waals surface area contributed by atoms with Crippen LogP contribution in [0.4, 0.5) is 0 Å². The molecule has 0 unspecified atom stereocenters. The molecule has 0 aliphatic heterocycles. The Kier molecular flexibility index (Phi) is 8.15. The summed E-state index contributed by atoms with van der Waals surface area (Å²) in [7, 11) is 0. The van der Waals surface area contributed by atoms with Crippen LogP contribution in [0.15, 0.2) is 41.4 Å². The second-order valence-electron chi connectivity index (χ2n) is 4.32. The van der Waals surface area contributed by atoms with Gasteiger partial charge in [-0.2, -0.15) is 11.8 Å². The topological polar surface area (TPSA) is 58.2 Å². The van der Waals surface area contributed by atoms with Gasteiger partial charge in [-0.25, -0.2) is 0 Å². The van der Waals surface area contributed by atoms with E-state index in [-0.39, 0.29) is 11.8 Å². The Labute approximate surface area is 137 Å². The van der Waals surface area contributed by atoms with Crippen LogP contribution in [-0.2, 0) is 4.79 Å². The zero-order valence-electron chi connectivity index (χ0n) is 11.9. The van der Waals surface area contributed by atoms with Gasteiger partial charge in [0.05, 0.1) is 5.56 Å². The van der Waals surface area contributed by atoms with Crippen molar-refractivity contribution in [3.63, 3.8) is 0 Å². The number of thioether (sulfide) groups is 1. The summed E-state index contributed by atoms with van der Waals surface area (Å²) >= 11 is 4.98. The molecule has 1 atom stereocenters. The Morgan fingerprint density at radius 1 is 1.43 bits per heavy atom. The third-order valence-corrected chi connectivity index (χ3v) is 4.11. The van der Waals surface area contributed by atoms with Crippen LogP contribution in [0.5, 0.6) is 0 Å². The van der Waals surface area contributed by atoms with Crippen molar-refractivity contribution in [2.24, 2.45) is 0 Å². The van der Waals surface area contributed by atoms with Crippen molar-refractivity contribution in [1.29, 1.82) is 0 Å². The fraction of sp³-hybridized carbons (Fsp3) is 0.333. The van der Waals surface area contributed by atoms with Gasteiger partial charge in [-0.3, -0.25) is 9.59 Å². The van der Waals surface area contributed by atoms with E-state index in [1.54, 1.807) is 36.0 Å². The Morgan fingerprint density at radius 3 is 2.76 bits per heavy atom. The number of hydrogen-bond donors (Lipinski definition) is 2. The van der Waals surface area contributed by atoms with E-state index in [0.717, 1.165) is 5.75 Å². The molecule has 0 heterocycles. The van der Waals surface area contributed by atoms with Gasteiger partial charge < -0.3 is 10.6 Å². The van der Waals surface area contributed by atoms with Crippen LogP contribution < -0.4 is 10.6 Å². The molecule has 0 bridgehead atoms. The van der Waals surface area contributed by atoms with Crippen molar-refractivity contribution in [2.75, 3.05) is 18.6 Å². The van der Waals surface area contributed by atoms with Crippen molar-refractivity contribution >= 4 is 39.5 Å². The summed E-state index contributed by atoms with van der Waals surface area (Å²) in [5.41, 5.74) is 0.517. The van der Waals surface area contributed by atoms with Gasteiger partial charge in [-0.15, -0.1) is 6.58 Å². The molecule has 21 heavy (non-hydrogen) atoms. The summed E-state index contributed by atoms with van der Waals surface area (Å²) in [4.78, 5) is 24.3. The standard InChI is InChI=1S/C15H19BrN2O2S/c1-3-9-17-15(20)13(8-10-21-2)18-14(19)11-6-4-5-7-12(11)16/h3-7,13H,1,8-10H2,2H3,(H,17,20)(H,18,19)/t13-/m0/s1. The highest BCUT2D eigenvalue weighted by Crippen LogP contribution is 2.16. The first-order valence-electron chi connectivity index (χ1n) is 6.53. The van der Waals surface area contributed by atoms with E-state index >= 15 is 0 Å². The number of benzene rings is 1. The van der Waals surface area contributed by atoms with Crippen LogP contribution >= 0.6 is 27.7 Å². The van der Waals surface area contributed by atoms with Crippen molar-refractivity contribution in [3.05, 3.63) is 47.0 Å². The molecule has 0 fully saturated rings. The van der Waals surface area contributed by atoms with Gasteiger partial charge in [0.1, 0.15) is 6.04 Å². The van der Waals surface area contributed by atoms with E-state index in [9.17, 15) is 9.59 Å². The van der Waals surface area contributed by atoms with Crippen LogP contribution in [0.3, 0.4) is 0 Å². The molecule has 1 rings (SSSR count). The van der Waals surface area contributed by atoms with Gasteiger partial charge >= 0.3 is 0 Å². The minimum Gasteiger partial charge on any atom is -0.351 e. The SMILES string of the molecule is C=CCNC(=O)[C@H](CCSC)NC(=O)c1ccccc1Br. The molecule has 0 aromatic heterocycles. The summed E-state index contributed by atoms with van der Waals surface area (Å²) < 4.78 is 0.706. The van der Waals surface area contributed by atoms with Crippen LogP contribution in [0.25, 0.3) is 0 Å². The predicted molar refractivity (Wildman–Crippen MR) is 91.6 cm³/mol. The smallest absolute Gasteiger partial charge is 0.253 e. The van der Waals surface area contributed by atoms with Crippen molar-refractivity contribution in [3.8, 4) is 0 Å². The van der Waals surface area contributed by atoms with Crippen molar-refractivity contribution in [1.82, 2.24) is 10.6 Å². The van der Waals surface area contributed by atoms with Crippen molar-refractivity contribution in [2.45, 2.75) is 12.5 Å². The van der Waals surface area contributed by atoms with E-state index in [4.69, 9.17) is 0 Å².